The van der Waals surface area contributed by atoms with Gasteiger partial charge in [-0.3, -0.25) is 0 Å². The van der Waals surface area contributed by atoms with E-state index in [1.54, 1.807) is 0 Å². The Kier molecular flexibility index (Phi) is 8.95. The van der Waals surface area contributed by atoms with Crippen molar-refractivity contribution in [1.82, 2.24) is 0 Å². The van der Waals surface area contributed by atoms with Crippen molar-refractivity contribution in [1.29, 1.82) is 0 Å². The topological polar surface area (TPSA) is 3.24 Å². The zero-order chi connectivity index (χ0) is 38.0. The van der Waals surface area contributed by atoms with Gasteiger partial charge in [0.2, 0.25) is 0 Å². The highest BCUT2D eigenvalue weighted by Gasteiger charge is 2.18. The summed E-state index contributed by atoms with van der Waals surface area (Å²) in [6.07, 6.45) is 0. The molecule has 10 rings (SSSR count). The lowest BCUT2D eigenvalue weighted by Crippen LogP contribution is -2.11. The lowest BCUT2D eigenvalue weighted by molar-refractivity contribution is 1.28. The molecule has 1 heteroatoms. The van der Waals surface area contributed by atoms with Gasteiger partial charge in [0.05, 0.1) is 5.69 Å². The van der Waals surface area contributed by atoms with Crippen LogP contribution in [0.5, 0.6) is 0 Å². The van der Waals surface area contributed by atoms with E-state index < -0.39 is 0 Å². The van der Waals surface area contributed by atoms with E-state index in [0.717, 1.165) is 17.1 Å². The van der Waals surface area contributed by atoms with Gasteiger partial charge in [-0.15, -0.1) is 0 Å². The predicted molar refractivity (Wildman–Crippen MR) is 243 cm³/mol. The van der Waals surface area contributed by atoms with E-state index in [9.17, 15) is 0 Å². The molecule has 0 atom stereocenters. The van der Waals surface area contributed by atoms with E-state index in [4.69, 9.17) is 0 Å². The van der Waals surface area contributed by atoms with Crippen LogP contribution in [0.2, 0.25) is 0 Å². The molecule has 0 radical (unpaired) electrons. The molecule has 0 amide bonds. The van der Waals surface area contributed by atoms with Crippen LogP contribution in [-0.4, -0.2) is 0 Å². The minimum absolute atomic E-state index is 1.09. The fourth-order valence-corrected chi connectivity index (χ4v) is 8.13. The fraction of sp³-hybridized carbons (Fsp3) is 0. The van der Waals surface area contributed by atoms with Gasteiger partial charge in [-0.25, -0.2) is 0 Å². The standard InChI is InChI=1S/C56H39N/c1-2-12-40(13-3-1)42-26-31-47(32-27-42)55-21-8-9-23-56(55)57(52-19-10-18-49(39-52)50-33-28-41-14-4-5-16-48(41)38-50)51-36-34-44(35-37-51)43-24-29-46(30-25-43)54-22-11-17-45-15-6-7-20-53(45)54/h1-39H. The van der Waals surface area contributed by atoms with E-state index in [2.05, 4.69) is 241 Å². The molecule has 1 nitrogen and oxygen atoms in total. The molecule has 0 aliphatic rings. The minimum atomic E-state index is 1.09. The highest BCUT2D eigenvalue weighted by molar-refractivity contribution is 5.97. The first kappa shape index (κ1) is 34.0. The number of nitrogens with zero attached hydrogens (tertiary/aromatic N) is 1. The summed E-state index contributed by atoms with van der Waals surface area (Å²) in [5.74, 6) is 0. The molecule has 0 aliphatic carbocycles. The summed E-state index contributed by atoms with van der Waals surface area (Å²) in [4.78, 5) is 2.40. The Bertz CT molecular complexity index is 2970. The van der Waals surface area contributed by atoms with Gasteiger partial charge < -0.3 is 4.90 Å². The molecule has 0 saturated heterocycles. The van der Waals surface area contributed by atoms with Gasteiger partial charge in [0.25, 0.3) is 0 Å². The van der Waals surface area contributed by atoms with Crippen molar-refractivity contribution in [2.75, 3.05) is 4.90 Å². The summed E-state index contributed by atoms with van der Waals surface area (Å²) in [5, 5.41) is 5.01. The van der Waals surface area contributed by atoms with Gasteiger partial charge in [0.15, 0.2) is 0 Å². The first-order valence-electron chi connectivity index (χ1n) is 19.6. The second-order valence-electron chi connectivity index (χ2n) is 14.6. The second kappa shape index (κ2) is 15.0. The molecule has 0 heterocycles. The fourth-order valence-electron chi connectivity index (χ4n) is 8.13. The highest BCUT2D eigenvalue weighted by atomic mass is 15.1. The van der Waals surface area contributed by atoms with E-state index in [1.807, 2.05) is 0 Å². The van der Waals surface area contributed by atoms with Crippen LogP contribution in [0.3, 0.4) is 0 Å². The van der Waals surface area contributed by atoms with Gasteiger partial charge in [0.1, 0.15) is 0 Å². The monoisotopic (exact) mass is 725 g/mol. The quantitative estimate of drug-likeness (QED) is 0.151. The smallest absolute Gasteiger partial charge is 0.0540 e. The molecule has 10 aromatic carbocycles. The zero-order valence-corrected chi connectivity index (χ0v) is 31.5. The van der Waals surface area contributed by atoms with Gasteiger partial charge in [-0.05, 0) is 108 Å². The maximum Gasteiger partial charge on any atom is 0.0540 e. The van der Waals surface area contributed by atoms with E-state index in [1.165, 1.54) is 77.2 Å². The van der Waals surface area contributed by atoms with Crippen molar-refractivity contribution in [2.45, 2.75) is 0 Å². The SMILES string of the molecule is c1ccc(-c2ccc(-c3ccccc3N(c3ccc(-c4ccc(-c5cccc6ccccc56)cc4)cc3)c3cccc(-c4ccc5ccccc5c4)c3)cc2)cc1. The van der Waals surface area contributed by atoms with Crippen LogP contribution in [0.1, 0.15) is 0 Å². The van der Waals surface area contributed by atoms with Crippen molar-refractivity contribution in [3.8, 4) is 55.6 Å². The van der Waals surface area contributed by atoms with Crippen LogP contribution in [0.25, 0.3) is 77.2 Å². The Labute approximate surface area is 334 Å². The molecule has 0 spiro atoms. The predicted octanol–water partition coefficient (Wildman–Crippen LogP) is 15.8. The Hall–Kier alpha value is -7.48. The highest BCUT2D eigenvalue weighted by Crippen LogP contribution is 2.43. The molecule has 57 heavy (non-hydrogen) atoms. The summed E-state index contributed by atoms with van der Waals surface area (Å²) in [6, 6.07) is 85.6. The molecule has 0 fully saturated rings. The zero-order valence-electron chi connectivity index (χ0n) is 31.5. The Morgan fingerprint density at radius 1 is 0.228 bits per heavy atom. The van der Waals surface area contributed by atoms with Gasteiger partial charge in [-0.2, -0.15) is 0 Å². The molecule has 0 N–H and O–H groups in total. The summed E-state index contributed by atoms with van der Waals surface area (Å²) in [5.41, 5.74) is 15.3. The van der Waals surface area contributed by atoms with Crippen LogP contribution in [0, 0.1) is 0 Å². The third-order valence-corrected chi connectivity index (χ3v) is 11.1. The summed E-state index contributed by atoms with van der Waals surface area (Å²) in [7, 11) is 0. The number of fused-ring (bicyclic) bond motifs is 2. The Morgan fingerprint density at radius 3 is 1.46 bits per heavy atom. The van der Waals surface area contributed by atoms with Crippen molar-refractivity contribution < 1.29 is 0 Å². The molecular weight excluding hydrogens is 687 g/mol. The Morgan fingerprint density at radius 2 is 0.702 bits per heavy atom. The van der Waals surface area contributed by atoms with Crippen LogP contribution in [0.4, 0.5) is 17.1 Å². The third kappa shape index (κ3) is 6.77. The number of hydrogen-bond acceptors (Lipinski definition) is 1. The lowest BCUT2D eigenvalue weighted by Gasteiger charge is -2.28. The number of benzene rings is 10. The van der Waals surface area contributed by atoms with Crippen molar-refractivity contribution in [2.24, 2.45) is 0 Å². The summed E-state index contributed by atoms with van der Waals surface area (Å²) in [6.45, 7) is 0. The number of anilines is 3. The number of hydrogen-bond donors (Lipinski definition) is 0. The van der Waals surface area contributed by atoms with Crippen molar-refractivity contribution >= 4 is 38.6 Å². The lowest BCUT2D eigenvalue weighted by atomic mass is 9.96. The number of para-hydroxylation sites is 1. The minimum Gasteiger partial charge on any atom is -0.310 e. The summed E-state index contributed by atoms with van der Waals surface area (Å²) >= 11 is 0. The molecule has 0 unspecified atom stereocenters. The molecular formula is C56H39N. The maximum absolute atomic E-state index is 2.40. The number of rotatable bonds is 8. The maximum atomic E-state index is 2.40. The molecule has 0 saturated carbocycles. The molecule has 0 aromatic heterocycles. The van der Waals surface area contributed by atoms with Gasteiger partial charge in [-0.1, -0.05) is 200 Å². The molecule has 0 aliphatic heterocycles. The van der Waals surface area contributed by atoms with Crippen LogP contribution < -0.4 is 4.90 Å². The molecule has 10 aromatic rings. The molecule has 0 bridgehead atoms. The van der Waals surface area contributed by atoms with Crippen LogP contribution >= 0.6 is 0 Å². The van der Waals surface area contributed by atoms with Gasteiger partial charge in [0, 0.05) is 16.9 Å². The van der Waals surface area contributed by atoms with Crippen molar-refractivity contribution in [3.63, 3.8) is 0 Å². The van der Waals surface area contributed by atoms with Crippen LogP contribution in [0.15, 0.2) is 237 Å². The van der Waals surface area contributed by atoms with Gasteiger partial charge >= 0.3 is 0 Å². The first-order chi connectivity index (χ1) is 28.2. The first-order valence-corrected chi connectivity index (χ1v) is 19.6. The summed E-state index contributed by atoms with van der Waals surface area (Å²) < 4.78 is 0. The van der Waals surface area contributed by atoms with Crippen molar-refractivity contribution in [3.05, 3.63) is 237 Å². The third-order valence-electron chi connectivity index (χ3n) is 11.1. The average molecular weight is 726 g/mol. The largest absolute Gasteiger partial charge is 0.310 e. The normalized spacial score (nSPS) is 11.2. The average Bonchev–Trinajstić information content (AvgIpc) is 3.30. The van der Waals surface area contributed by atoms with E-state index in [0.29, 0.717) is 0 Å². The van der Waals surface area contributed by atoms with Crippen LogP contribution in [-0.2, 0) is 0 Å². The second-order valence-corrected chi connectivity index (χ2v) is 14.6. The molecule has 268 valence electrons. The van der Waals surface area contributed by atoms with E-state index >= 15 is 0 Å². The Balaban J connectivity index is 1.04. The van der Waals surface area contributed by atoms with E-state index in [-0.39, 0.29) is 0 Å².